The summed E-state index contributed by atoms with van der Waals surface area (Å²) >= 11 is 0. The molecule has 0 radical (unpaired) electrons. The van der Waals surface area contributed by atoms with E-state index >= 15 is 0 Å². The molecule has 3 nitrogen and oxygen atoms in total. The van der Waals surface area contributed by atoms with Crippen LogP contribution in [0.15, 0.2) is 0 Å². The van der Waals surface area contributed by atoms with Crippen molar-refractivity contribution < 1.29 is 0 Å². The van der Waals surface area contributed by atoms with Gasteiger partial charge < -0.3 is 10.6 Å². The van der Waals surface area contributed by atoms with Crippen LogP contribution in [0.2, 0.25) is 0 Å². The van der Waals surface area contributed by atoms with Gasteiger partial charge in [0, 0.05) is 25.0 Å². The minimum Gasteiger partial charge on any atom is -0.314 e. The van der Waals surface area contributed by atoms with E-state index in [4.69, 9.17) is 5.26 Å². The van der Waals surface area contributed by atoms with Crippen molar-refractivity contribution in [2.75, 3.05) is 13.1 Å². The maximum Gasteiger partial charge on any atom is 0.0635 e. The summed E-state index contributed by atoms with van der Waals surface area (Å²) in [4.78, 5) is 0. The predicted octanol–water partition coefficient (Wildman–Crippen LogP) is 1.80. The number of nitrogens with one attached hydrogen (secondary N) is 2. The van der Waals surface area contributed by atoms with Gasteiger partial charge in [0.2, 0.25) is 0 Å². The molecule has 0 aromatic heterocycles. The van der Waals surface area contributed by atoms with Gasteiger partial charge in [0.15, 0.2) is 0 Å². The Bertz CT molecular complexity index is 240. The molecule has 3 heteroatoms. The van der Waals surface area contributed by atoms with Crippen molar-refractivity contribution in [3.8, 4) is 6.07 Å². The summed E-state index contributed by atoms with van der Waals surface area (Å²) in [5, 5.41) is 15.8. The lowest BCUT2D eigenvalue weighted by molar-refractivity contribution is 0.216. The highest BCUT2D eigenvalue weighted by Crippen LogP contribution is 2.30. The molecule has 1 saturated carbocycles. The Balaban J connectivity index is 1.83. The van der Waals surface area contributed by atoms with Gasteiger partial charge >= 0.3 is 0 Å². The predicted molar refractivity (Wildman–Crippen MR) is 65.0 cm³/mol. The Hall–Kier alpha value is -0.590. The molecule has 1 aliphatic carbocycles. The molecule has 0 spiro atoms. The average molecular weight is 221 g/mol. The van der Waals surface area contributed by atoms with Gasteiger partial charge in [-0.15, -0.1) is 0 Å². The van der Waals surface area contributed by atoms with Gasteiger partial charge in [-0.1, -0.05) is 12.8 Å². The molecule has 0 aromatic carbocycles. The van der Waals surface area contributed by atoms with Crippen LogP contribution in [0.5, 0.6) is 0 Å². The lowest BCUT2D eigenvalue weighted by Crippen LogP contribution is -2.47. The van der Waals surface area contributed by atoms with Gasteiger partial charge in [-0.2, -0.15) is 5.26 Å². The van der Waals surface area contributed by atoms with Crippen molar-refractivity contribution in [3.05, 3.63) is 0 Å². The quantitative estimate of drug-likeness (QED) is 0.712. The van der Waals surface area contributed by atoms with Gasteiger partial charge in [0.25, 0.3) is 0 Å². The zero-order valence-corrected chi connectivity index (χ0v) is 10.0. The molecular formula is C13H23N3. The van der Waals surface area contributed by atoms with Crippen LogP contribution in [0, 0.1) is 17.2 Å². The molecule has 16 heavy (non-hydrogen) atoms. The van der Waals surface area contributed by atoms with Crippen LogP contribution in [-0.2, 0) is 0 Å². The molecule has 3 unspecified atom stereocenters. The molecule has 90 valence electrons. The van der Waals surface area contributed by atoms with Gasteiger partial charge in [-0.3, -0.25) is 0 Å². The molecule has 0 aromatic rings. The van der Waals surface area contributed by atoms with Gasteiger partial charge in [0.1, 0.15) is 0 Å². The van der Waals surface area contributed by atoms with Crippen LogP contribution in [0.3, 0.4) is 0 Å². The Morgan fingerprint density at radius 2 is 2.06 bits per heavy atom. The Kier molecular flexibility index (Phi) is 4.62. The van der Waals surface area contributed by atoms with Gasteiger partial charge in [-0.25, -0.2) is 0 Å². The summed E-state index contributed by atoms with van der Waals surface area (Å²) in [6, 6.07) is 3.60. The fourth-order valence-corrected chi connectivity index (χ4v) is 3.29. The first-order chi connectivity index (χ1) is 7.92. The van der Waals surface area contributed by atoms with E-state index in [1.54, 1.807) is 0 Å². The highest BCUT2D eigenvalue weighted by atomic mass is 15.0. The topological polar surface area (TPSA) is 47.9 Å². The minimum atomic E-state index is 0.640. The van der Waals surface area contributed by atoms with E-state index in [2.05, 4.69) is 16.7 Å². The summed E-state index contributed by atoms with van der Waals surface area (Å²) < 4.78 is 0. The second-order valence-electron chi connectivity index (χ2n) is 5.12. The monoisotopic (exact) mass is 221 g/mol. The maximum atomic E-state index is 8.57. The third-order valence-corrected chi connectivity index (χ3v) is 4.08. The van der Waals surface area contributed by atoms with Crippen LogP contribution in [0.4, 0.5) is 0 Å². The lowest BCUT2D eigenvalue weighted by Gasteiger charge is -2.36. The number of nitrogens with zero attached hydrogens (tertiary/aromatic N) is 1. The van der Waals surface area contributed by atoms with Crippen molar-refractivity contribution in [3.63, 3.8) is 0 Å². The van der Waals surface area contributed by atoms with Crippen molar-refractivity contribution in [1.29, 1.82) is 5.26 Å². The third-order valence-electron chi connectivity index (χ3n) is 4.08. The van der Waals surface area contributed by atoms with Crippen LogP contribution in [0.1, 0.15) is 44.9 Å². The first-order valence-corrected chi connectivity index (χ1v) is 6.75. The van der Waals surface area contributed by atoms with Crippen molar-refractivity contribution >= 4 is 0 Å². The van der Waals surface area contributed by atoms with Crippen LogP contribution in [0.25, 0.3) is 0 Å². The van der Waals surface area contributed by atoms with E-state index in [-0.39, 0.29) is 0 Å². The number of rotatable bonds is 4. The molecular weight excluding hydrogens is 198 g/mol. The van der Waals surface area contributed by atoms with Crippen LogP contribution in [-0.4, -0.2) is 25.2 Å². The van der Waals surface area contributed by atoms with Crippen molar-refractivity contribution in [2.45, 2.75) is 57.0 Å². The standard InChI is InChI=1S/C13H23N3/c14-8-4-10-16-12-6-2-1-5-11(12)13-7-3-9-15-13/h11-13,15-16H,1-7,9-10H2. The second-order valence-corrected chi connectivity index (χ2v) is 5.12. The molecule has 2 fully saturated rings. The summed E-state index contributed by atoms with van der Waals surface area (Å²) in [5.74, 6) is 0.801. The highest BCUT2D eigenvalue weighted by molar-refractivity contribution is 4.91. The molecule has 0 bridgehead atoms. The molecule has 2 aliphatic rings. The molecule has 3 atom stereocenters. The lowest BCUT2D eigenvalue weighted by atomic mass is 9.79. The first-order valence-electron chi connectivity index (χ1n) is 6.75. The van der Waals surface area contributed by atoms with Crippen LogP contribution >= 0.6 is 0 Å². The fraction of sp³-hybridized carbons (Fsp3) is 0.923. The molecule has 2 rings (SSSR count). The first kappa shape index (κ1) is 11.9. The third kappa shape index (κ3) is 2.96. The van der Waals surface area contributed by atoms with Gasteiger partial charge in [-0.05, 0) is 38.1 Å². The van der Waals surface area contributed by atoms with E-state index in [1.165, 1.54) is 45.1 Å². The normalized spacial score (nSPS) is 34.8. The number of hydrogen-bond donors (Lipinski definition) is 2. The van der Waals surface area contributed by atoms with Gasteiger partial charge in [0.05, 0.1) is 6.07 Å². The van der Waals surface area contributed by atoms with E-state index in [9.17, 15) is 0 Å². The Morgan fingerprint density at radius 3 is 2.81 bits per heavy atom. The van der Waals surface area contributed by atoms with Crippen molar-refractivity contribution in [1.82, 2.24) is 10.6 Å². The maximum absolute atomic E-state index is 8.57. The molecule has 1 saturated heterocycles. The van der Waals surface area contributed by atoms with E-state index < -0.39 is 0 Å². The largest absolute Gasteiger partial charge is 0.314 e. The minimum absolute atomic E-state index is 0.640. The zero-order valence-electron chi connectivity index (χ0n) is 10.0. The smallest absolute Gasteiger partial charge is 0.0635 e. The van der Waals surface area contributed by atoms with Crippen LogP contribution < -0.4 is 10.6 Å². The number of hydrogen-bond acceptors (Lipinski definition) is 3. The highest BCUT2D eigenvalue weighted by Gasteiger charge is 2.32. The summed E-state index contributed by atoms with van der Waals surface area (Å²) in [7, 11) is 0. The van der Waals surface area contributed by atoms with E-state index in [0.29, 0.717) is 12.5 Å². The summed E-state index contributed by atoms with van der Waals surface area (Å²) in [6.07, 6.45) is 8.73. The molecule has 1 aliphatic heterocycles. The Labute approximate surface area is 98.6 Å². The molecule has 1 heterocycles. The molecule has 0 amide bonds. The Morgan fingerprint density at radius 1 is 1.19 bits per heavy atom. The SMILES string of the molecule is N#CCCNC1CCCCC1C1CCCN1. The van der Waals surface area contributed by atoms with E-state index in [0.717, 1.165) is 18.5 Å². The fourth-order valence-electron chi connectivity index (χ4n) is 3.29. The summed E-state index contributed by atoms with van der Waals surface area (Å²) in [6.45, 7) is 2.07. The zero-order chi connectivity index (χ0) is 11.2. The average Bonchev–Trinajstić information content (AvgIpc) is 2.83. The molecule has 2 N–H and O–H groups in total. The van der Waals surface area contributed by atoms with Crippen molar-refractivity contribution in [2.24, 2.45) is 5.92 Å². The number of nitriles is 1. The van der Waals surface area contributed by atoms with E-state index in [1.807, 2.05) is 0 Å². The summed E-state index contributed by atoms with van der Waals surface area (Å²) in [5.41, 5.74) is 0. The second kappa shape index (κ2) is 6.22.